The van der Waals surface area contributed by atoms with Gasteiger partial charge in [-0.2, -0.15) is 0 Å². The monoisotopic (exact) mass is 433 g/mol. The third-order valence-corrected chi connectivity index (χ3v) is 5.49. The van der Waals surface area contributed by atoms with Crippen LogP contribution in [0.4, 0.5) is 11.4 Å². The summed E-state index contributed by atoms with van der Waals surface area (Å²) in [6, 6.07) is 13.6. The van der Waals surface area contributed by atoms with Gasteiger partial charge in [-0.05, 0) is 30.2 Å². The van der Waals surface area contributed by atoms with Crippen molar-refractivity contribution in [1.29, 1.82) is 0 Å². The highest BCUT2D eigenvalue weighted by Gasteiger charge is 2.23. The van der Waals surface area contributed by atoms with Crippen molar-refractivity contribution in [3.8, 4) is 0 Å². The topological polar surface area (TPSA) is 105 Å². The Bertz CT molecular complexity index is 992. The number of carbonyl (C=O) groups is 2. The molecule has 162 valence electrons. The minimum atomic E-state index is -3.70. The van der Waals surface area contributed by atoms with Crippen LogP contribution in [0.15, 0.2) is 48.5 Å². The molecule has 0 aliphatic rings. The van der Waals surface area contributed by atoms with E-state index in [0.29, 0.717) is 30.9 Å². The van der Waals surface area contributed by atoms with Crippen molar-refractivity contribution in [2.45, 2.75) is 13.3 Å². The Kier molecular flexibility index (Phi) is 8.37. The van der Waals surface area contributed by atoms with Crippen LogP contribution >= 0.6 is 0 Å². The molecule has 0 unspecified atom stereocenters. The van der Waals surface area contributed by atoms with E-state index in [9.17, 15) is 18.0 Å². The van der Waals surface area contributed by atoms with Crippen molar-refractivity contribution < 1.29 is 22.7 Å². The number of amides is 2. The van der Waals surface area contributed by atoms with Crippen LogP contribution in [0.2, 0.25) is 0 Å². The van der Waals surface area contributed by atoms with Gasteiger partial charge in [-0.25, -0.2) is 8.42 Å². The fourth-order valence-corrected chi connectivity index (χ4v) is 3.79. The van der Waals surface area contributed by atoms with Crippen molar-refractivity contribution >= 4 is 33.2 Å². The van der Waals surface area contributed by atoms with Crippen LogP contribution in [-0.4, -0.2) is 53.3 Å². The lowest BCUT2D eigenvalue weighted by Crippen LogP contribution is -2.38. The SMILES string of the molecule is CCc1ccccc1N(CC(=O)Nc1ccccc1C(=O)NCCOC)S(C)(=O)=O. The first-order chi connectivity index (χ1) is 14.3. The predicted octanol–water partition coefficient (Wildman–Crippen LogP) is 2.03. The zero-order valence-electron chi connectivity index (χ0n) is 17.3. The van der Waals surface area contributed by atoms with Crippen molar-refractivity contribution in [2.24, 2.45) is 0 Å². The van der Waals surface area contributed by atoms with Crippen molar-refractivity contribution in [3.05, 3.63) is 59.7 Å². The molecule has 0 aliphatic carbocycles. The van der Waals surface area contributed by atoms with E-state index < -0.39 is 22.5 Å². The van der Waals surface area contributed by atoms with Crippen LogP contribution in [0, 0.1) is 0 Å². The molecule has 0 aliphatic heterocycles. The van der Waals surface area contributed by atoms with Gasteiger partial charge in [-0.3, -0.25) is 13.9 Å². The summed E-state index contributed by atoms with van der Waals surface area (Å²) in [4.78, 5) is 25.1. The number of sulfonamides is 1. The van der Waals surface area contributed by atoms with Gasteiger partial charge >= 0.3 is 0 Å². The Morgan fingerprint density at radius 3 is 2.40 bits per heavy atom. The number of anilines is 2. The summed E-state index contributed by atoms with van der Waals surface area (Å²) in [5, 5.41) is 5.35. The Balaban J connectivity index is 2.22. The smallest absolute Gasteiger partial charge is 0.253 e. The predicted molar refractivity (Wildman–Crippen MR) is 117 cm³/mol. The van der Waals surface area contributed by atoms with Gasteiger partial charge in [0.25, 0.3) is 5.91 Å². The zero-order chi connectivity index (χ0) is 22.1. The first-order valence-electron chi connectivity index (χ1n) is 9.49. The maximum Gasteiger partial charge on any atom is 0.253 e. The molecular weight excluding hydrogens is 406 g/mol. The number of nitrogens with one attached hydrogen (secondary N) is 2. The maximum atomic E-state index is 12.7. The molecule has 0 bridgehead atoms. The van der Waals surface area contributed by atoms with E-state index >= 15 is 0 Å². The molecule has 2 aromatic carbocycles. The van der Waals surface area contributed by atoms with Crippen molar-refractivity contribution in [1.82, 2.24) is 5.32 Å². The number of hydrogen-bond acceptors (Lipinski definition) is 5. The highest BCUT2D eigenvalue weighted by atomic mass is 32.2. The Labute approximate surface area is 177 Å². The molecule has 0 spiro atoms. The van der Waals surface area contributed by atoms with Gasteiger partial charge in [0.2, 0.25) is 15.9 Å². The minimum absolute atomic E-state index is 0.279. The lowest BCUT2D eigenvalue weighted by molar-refractivity contribution is -0.114. The number of carbonyl (C=O) groups excluding carboxylic acids is 2. The molecule has 0 fully saturated rings. The highest BCUT2D eigenvalue weighted by molar-refractivity contribution is 7.92. The van der Waals surface area contributed by atoms with Crippen LogP contribution in [0.25, 0.3) is 0 Å². The molecule has 0 heterocycles. The number of para-hydroxylation sites is 2. The van der Waals surface area contributed by atoms with Gasteiger partial charge in [-0.1, -0.05) is 37.3 Å². The molecular formula is C21H27N3O5S. The summed E-state index contributed by atoms with van der Waals surface area (Å²) in [6.45, 7) is 2.20. The minimum Gasteiger partial charge on any atom is -0.383 e. The Morgan fingerprint density at radius 1 is 1.07 bits per heavy atom. The second kappa shape index (κ2) is 10.7. The van der Waals surface area contributed by atoms with E-state index in [1.807, 2.05) is 19.1 Å². The van der Waals surface area contributed by atoms with E-state index in [1.54, 1.807) is 36.4 Å². The molecule has 0 aromatic heterocycles. The van der Waals surface area contributed by atoms with E-state index in [1.165, 1.54) is 7.11 Å². The number of nitrogens with zero attached hydrogens (tertiary/aromatic N) is 1. The summed E-state index contributed by atoms with van der Waals surface area (Å²) in [7, 11) is -2.17. The molecule has 0 saturated carbocycles. The van der Waals surface area contributed by atoms with Gasteiger partial charge < -0.3 is 15.4 Å². The first-order valence-corrected chi connectivity index (χ1v) is 11.3. The normalized spacial score (nSPS) is 11.0. The van der Waals surface area contributed by atoms with Crippen LogP contribution in [0.3, 0.4) is 0 Å². The van der Waals surface area contributed by atoms with Gasteiger partial charge in [-0.15, -0.1) is 0 Å². The van der Waals surface area contributed by atoms with Crippen LogP contribution in [-0.2, 0) is 26.0 Å². The van der Waals surface area contributed by atoms with E-state index in [4.69, 9.17) is 4.74 Å². The van der Waals surface area contributed by atoms with Crippen LogP contribution in [0.5, 0.6) is 0 Å². The number of methoxy groups -OCH3 is 1. The molecule has 2 aromatic rings. The number of aryl methyl sites for hydroxylation is 1. The lowest BCUT2D eigenvalue weighted by atomic mass is 10.1. The molecule has 8 nitrogen and oxygen atoms in total. The molecule has 2 rings (SSSR count). The molecule has 0 atom stereocenters. The molecule has 0 saturated heterocycles. The van der Waals surface area contributed by atoms with E-state index in [-0.39, 0.29) is 11.5 Å². The number of hydrogen-bond donors (Lipinski definition) is 2. The summed E-state index contributed by atoms with van der Waals surface area (Å²) < 4.78 is 30.7. The standard InChI is InChI=1S/C21H27N3O5S/c1-4-16-9-5-8-12-19(16)24(30(3,27)28)15-20(25)23-18-11-7-6-10-17(18)21(26)22-13-14-29-2/h5-12H,4,13-15H2,1-3H3,(H,22,26)(H,23,25). The fourth-order valence-electron chi connectivity index (χ4n) is 2.91. The van der Waals surface area contributed by atoms with Crippen LogP contribution < -0.4 is 14.9 Å². The van der Waals surface area contributed by atoms with Gasteiger partial charge in [0, 0.05) is 13.7 Å². The van der Waals surface area contributed by atoms with Gasteiger partial charge in [0.05, 0.1) is 29.8 Å². The second-order valence-corrected chi connectivity index (χ2v) is 8.50. The Morgan fingerprint density at radius 2 is 1.73 bits per heavy atom. The maximum absolute atomic E-state index is 12.7. The molecule has 2 N–H and O–H groups in total. The summed E-state index contributed by atoms with van der Waals surface area (Å²) >= 11 is 0. The van der Waals surface area contributed by atoms with Gasteiger partial charge in [0.1, 0.15) is 6.54 Å². The lowest BCUT2D eigenvalue weighted by Gasteiger charge is -2.24. The first kappa shape index (κ1) is 23.4. The molecule has 30 heavy (non-hydrogen) atoms. The van der Waals surface area contributed by atoms with Crippen molar-refractivity contribution in [3.63, 3.8) is 0 Å². The second-order valence-electron chi connectivity index (χ2n) is 6.59. The van der Waals surface area contributed by atoms with Crippen LogP contribution in [0.1, 0.15) is 22.8 Å². The van der Waals surface area contributed by atoms with E-state index in [2.05, 4.69) is 10.6 Å². The van der Waals surface area contributed by atoms with E-state index in [0.717, 1.165) is 16.1 Å². The summed E-state index contributed by atoms with van der Waals surface area (Å²) in [6.07, 6.45) is 1.68. The molecule has 2 amide bonds. The number of benzene rings is 2. The highest BCUT2D eigenvalue weighted by Crippen LogP contribution is 2.23. The molecule has 0 radical (unpaired) electrons. The third-order valence-electron chi connectivity index (χ3n) is 4.37. The number of ether oxygens (including phenoxy) is 1. The average molecular weight is 434 g/mol. The number of rotatable bonds is 10. The summed E-state index contributed by atoms with van der Waals surface area (Å²) in [5.41, 5.74) is 1.85. The third kappa shape index (κ3) is 6.30. The van der Waals surface area contributed by atoms with Gasteiger partial charge in [0.15, 0.2) is 0 Å². The summed E-state index contributed by atoms with van der Waals surface area (Å²) in [5.74, 6) is -0.914. The Hall–Kier alpha value is -2.91. The zero-order valence-corrected chi connectivity index (χ0v) is 18.2. The average Bonchev–Trinajstić information content (AvgIpc) is 2.71. The quantitative estimate of drug-likeness (QED) is 0.558. The largest absolute Gasteiger partial charge is 0.383 e. The van der Waals surface area contributed by atoms with Crippen molar-refractivity contribution in [2.75, 3.05) is 42.7 Å². The fraction of sp³-hybridized carbons (Fsp3) is 0.333. The molecule has 9 heteroatoms.